The average Bonchev–Trinajstić information content (AvgIpc) is 2.96. The summed E-state index contributed by atoms with van der Waals surface area (Å²) in [7, 11) is 1.82. The molecule has 0 bridgehead atoms. The minimum Gasteiger partial charge on any atom is -0.339 e. The van der Waals surface area contributed by atoms with Crippen molar-refractivity contribution in [3.63, 3.8) is 0 Å². The van der Waals surface area contributed by atoms with Crippen LogP contribution < -0.4 is 10.9 Å². The smallest absolute Gasteiger partial charge is 0.272 e. The summed E-state index contributed by atoms with van der Waals surface area (Å²) in [5.74, 6) is 0.174. The van der Waals surface area contributed by atoms with Crippen LogP contribution in [0.1, 0.15) is 42.4 Å². The second-order valence-electron chi connectivity index (χ2n) is 7.47. The van der Waals surface area contributed by atoms with Gasteiger partial charge in [-0.05, 0) is 42.5 Å². The molecule has 0 aliphatic carbocycles. The monoisotopic (exact) mass is 365 g/mol. The molecular formula is C22H27N3O2. The van der Waals surface area contributed by atoms with Crippen molar-refractivity contribution in [1.82, 2.24) is 9.13 Å². The van der Waals surface area contributed by atoms with Gasteiger partial charge >= 0.3 is 0 Å². The molecule has 2 heterocycles. The summed E-state index contributed by atoms with van der Waals surface area (Å²) in [4.78, 5) is 25.7. The van der Waals surface area contributed by atoms with E-state index >= 15 is 0 Å². The van der Waals surface area contributed by atoms with Crippen LogP contribution in [-0.4, -0.2) is 15.0 Å². The van der Waals surface area contributed by atoms with Crippen LogP contribution in [0.2, 0.25) is 0 Å². The fraction of sp³-hybridized carbons (Fsp3) is 0.364. The van der Waals surface area contributed by atoms with Gasteiger partial charge < -0.3 is 14.5 Å². The van der Waals surface area contributed by atoms with Gasteiger partial charge in [-0.25, -0.2) is 0 Å². The Kier molecular flexibility index (Phi) is 5.22. The molecule has 0 atom stereocenters. The first kappa shape index (κ1) is 19.0. The van der Waals surface area contributed by atoms with Crippen molar-refractivity contribution >= 4 is 22.5 Å². The number of hydrogen-bond acceptors (Lipinski definition) is 2. The normalized spacial score (nSPS) is 11.3. The van der Waals surface area contributed by atoms with E-state index in [-0.39, 0.29) is 11.5 Å². The Bertz CT molecular complexity index is 1060. The molecule has 0 spiro atoms. The number of hydrogen-bond donors (Lipinski definition) is 1. The molecule has 0 saturated carbocycles. The van der Waals surface area contributed by atoms with Crippen molar-refractivity contribution in [2.45, 2.75) is 40.7 Å². The number of benzene rings is 1. The molecule has 142 valence electrons. The average molecular weight is 365 g/mol. The summed E-state index contributed by atoms with van der Waals surface area (Å²) in [6, 6.07) is 9.61. The number of pyridine rings is 1. The highest BCUT2D eigenvalue weighted by atomic mass is 16.2. The molecule has 1 amide bonds. The number of para-hydroxylation sites is 1. The topological polar surface area (TPSA) is 56.0 Å². The van der Waals surface area contributed by atoms with Crippen molar-refractivity contribution in [2.75, 3.05) is 5.32 Å². The molecular weight excluding hydrogens is 338 g/mol. The number of nitrogens with one attached hydrogen (secondary N) is 1. The van der Waals surface area contributed by atoms with E-state index in [1.54, 1.807) is 15.2 Å². The Morgan fingerprint density at radius 2 is 1.96 bits per heavy atom. The Morgan fingerprint density at radius 3 is 2.63 bits per heavy atom. The summed E-state index contributed by atoms with van der Waals surface area (Å²) in [5, 5.41) is 3.62. The SMILES string of the molecule is CCc1cccc(C)c1NC(=O)c1cc2c(=O)n(CC(C)C)ccc2n1C. The highest BCUT2D eigenvalue weighted by molar-refractivity contribution is 6.07. The Hall–Kier alpha value is -2.82. The molecule has 0 unspecified atom stereocenters. The second kappa shape index (κ2) is 7.43. The quantitative estimate of drug-likeness (QED) is 0.739. The van der Waals surface area contributed by atoms with Crippen molar-refractivity contribution in [1.29, 1.82) is 0 Å². The van der Waals surface area contributed by atoms with Crippen molar-refractivity contribution in [3.05, 3.63) is 63.7 Å². The maximum atomic E-state index is 13.0. The second-order valence-corrected chi connectivity index (χ2v) is 7.47. The lowest BCUT2D eigenvalue weighted by atomic mass is 10.1. The van der Waals surface area contributed by atoms with E-state index in [1.807, 2.05) is 44.4 Å². The largest absolute Gasteiger partial charge is 0.339 e. The zero-order valence-corrected chi connectivity index (χ0v) is 16.7. The van der Waals surface area contributed by atoms with E-state index in [9.17, 15) is 9.59 Å². The van der Waals surface area contributed by atoms with Crippen LogP contribution in [0.25, 0.3) is 10.9 Å². The summed E-state index contributed by atoms with van der Waals surface area (Å²) in [6.07, 6.45) is 2.65. The van der Waals surface area contributed by atoms with Crippen molar-refractivity contribution in [2.24, 2.45) is 13.0 Å². The van der Waals surface area contributed by atoms with Gasteiger partial charge in [0.15, 0.2) is 0 Å². The van der Waals surface area contributed by atoms with E-state index in [0.717, 1.165) is 28.8 Å². The molecule has 27 heavy (non-hydrogen) atoms. The lowest BCUT2D eigenvalue weighted by Crippen LogP contribution is -2.21. The van der Waals surface area contributed by atoms with Crippen LogP contribution in [0, 0.1) is 12.8 Å². The molecule has 5 heteroatoms. The standard InChI is InChI=1S/C22H27N3O2/c1-6-16-9-7-8-15(4)20(16)23-21(26)19-12-17-18(24(19)5)10-11-25(22(17)27)13-14(2)3/h7-12,14H,6,13H2,1-5H3,(H,23,26). The van der Waals surface area contributed by atoms with Gasteiger partial charge in [-0.2, -0.15) is 0 Å². The molecule has 5 nitrogen and oxygen atoms in total. The first-order valence-electron chi connectivity index (χ1n) is 9.42. The number of aromatic nitrogens is 2. The van der Waals surface area contributed by atoms with Crippen LogP contribution in [-0.2, 0) is 20.0 Å². The molecule has 1 aromatic carbocycles. The van der Waals surface area contributed by atoms with Crippen LogP contribution in [0.5, 0.6) is 0 Å². The van der Waals surface area contributed by atoms with Crippen LogP contribution >= 0.6 is 0 Å². The number of nitrogens with zero attached hydrogens (tertiary/aromatic N) is 2. The first-order chi connectivity index (χ1) is 12.8. The predicted molar refractivity (Wildman–Crippen MR) is 111 cm³/mol. The number of rotatable bonds is 5. The Balaban J connectivity index is 2.02. The van der Waals surface area contributed by atoms with E-state index in [0.29, 0.717) is 23.5 Å². The lowest BCUT2D eigenvalue weighted by Gasteiger charge is -2.13. The molecule has 3 rings (SSSR count). The zero-order valence-electron chi connectivity index (χ0n) is 16.7. The number of anilines is 1. The van der Waals surface area contributed by atoms with E-state index in [4.69, 9.17) is 0 Å². The number of fused-ring (bicyclic) bond motifs is 1. The third-order valence-electron chi connectivity index (χ3n) is 4.96. The zero-order chi connectivity index (χ0) is 19.7. The molecule has 2 aromatic heterocycles. The molecule has 0 radical (unpaired) electrons. The molecule has 0 fully saturated rings. The molecule has 0 saturated heterocycles. The number of carbonyl (C=O) groups is 1. The fourth-order valence-corrected chi connectivity index (χ4v) is 3.51. The first-order valence-corrected chi connectivity index (χ1v) is 9.42. The number of aryl methyl sites for hydroxylation is 3. The Labute approximate surface area is 159 Å². The van der Waals surface area contributed by atoms with Gasteiger partial charge in [-0.3, -0.25) is 9.59 Å². The molecule has 1 N–H and O–H groups in total. The summed E-state index contributed by atoms with van der Waals surface area (Å²) in [5.41, 5.74) is 4.18. The maximum absolute atomic E-state index is 13.0. The predicted octanol–water partition coefficient (Wildman–Crippen LogP) is 4.12. The maximum Gasteiger partial charge on any atom is 0.272 e. The van der Waals surface area contributed by atoms with Crippen molar-refractivity contribution in [3.8, 4) is 0 Å². The minimum atomic E-state index is -0.201. The molecule has 3 aromatic rings. The summed E-state index contributed by atoms with van der Waals surface area (Å²) in [6.45, 7) is 8.87. The van der Waals surface area contributed by atoms with Crippen molar-refractivity contribution < 1.29 is 4.79 Å². The van der Waals surface area contributed by atoms with Crippen LogP contribution in [0.4, 0.5) is 5.69 Å². The third kappa shape index (κ3) is 3.54. The minimum absolute atomic E-state index is 0.0546. The number of amides is 1. The van der Waals surface area contributed by atoms with Gasteiger partial charge in [0.25, 0.3) is 11.5 Å². The summed E-state index contributed by atoms with van der Waals surface area (Å²) >= 11 is 0. The number of carbonyl (C=O) groups excluding carboxylic acids is 1. The van der Waals surface area contributed by atoms with E-state index < -0.39 is 0 Å². The van der Waals surface area contributed by atoms with E-state index in [1.165, 1.54) is 0 Å². The van der Waals surface area contributed by atoms with Gasteiger partial charge in [0.2, 0.25) is 0 Å². The van der Waals surface area contributed by atoms with Gasteiger partial charge in [0.1, 0.15) is 5.69 Å². The Morgan fingerprint density at radius 1 is 1.22 bits per heavy atom. The van der Waals surface area contributed by atoms with Gasteiger partial charge in [-0.15, -0.1) is 0 Å². The molecule has 0 aliphatic heterocycles. The highest BCUT2D eigenvalue weighted by Crippen LogP contribution is 2.23. The van der Waals surface area contributed by atoms with Crippen LogP contribution in [0.15, 0.2) is 41.3 Å². The summed E-state index contributed by atoms with van der Waals surface area (Å²) < 4.78 is 3.50. The lowest BCUT2D eigenvalue weighted by molar-refractivity contribution is 0.101. The molecule has 0 aliphatic rings. The van der Waals surface area contributed by atoms with Gasteiger partial charge in [0.05, 0.1) is 10.9 Å². The third-order valence-corrected chi connectivity index (χ3v) is 4.96. The fourth-order valence-electron chi connectivity index (χ4n) is 3.51. The van der Waals surface area contributed by atoms with Gasteiger partial charge in [-0.1, -0.05) is 39.0 Å². The van der Waals surface area contributed by atoms with Crippen LogP contribution in [0.3, 0.4) is 0 Å². The highest BCUT2D eigenvalue weighted by Gasteiger charge is 2.18. The van der Waals surface area contributed by atoms with E-state index in [2.05, 4.69) is 26.1 Å². The van der Waals surface area contributed by atoms with Gasteiger partial charge in [0, 0.05) is 25.5 Å².